The minimum Gasteiger partial charge on any atom is -0.464 e. The lowest BCUT2D eigenvalue weighted by molar-refractivity contribution is -0.258. The average molecular weight is 268 g/mol. The van der Waals surface area contributed by atoms with Gasteiger partial charge >= 0.3 is 11.9 Å². The largest absolute Gasteiger partial charge is 0.464 e. The number of esters is 2. The van der Waals surface area contributed by atoms with Crippen LogP contribution in [0.15, 0.2) is 12.7 Å². The van der Waals surface area contributed by atoms with Crippen molar-refractivity contribution in [1.29, 1.82) is 0 Å². The Morgan fingerprint density at radius 3 is 2.95 bits per heavy atom. The maximum atomic E-state index is 12.4. The van der Waals surface area contributed by atoms with Crippen LogP contribution in [-0.4, -0.2) is 41.6 Å². The molecule has 0 saturated carbocycles. The van der Waals surface area contributed by atoms with Crippen LogP contribution < -0.4 is 0 Å². The van der Waals surface area contributed by atoms with Crippen molar-refractivity contribution in [2.75, 3.05) is 6.61 Å². The molecule has 0 aromatic rings. The summed E-state index contributed by atoms with van der Waals surface area (Å²) < 4.78 is 21.9. The van der Waals surface area contributed by atoms with Crippen LogP contribution in [0, 0.1) is 0 Å². The van der Waals surface area contributed by atoms with Crippen LogP contribution in [-0.2, 0) is 28.5 Å². The Kier molecular flexibility index (Phi) is 2.38. The van der Waals surface area contributed by atoms with Crippen LogP contribution in [0.25, 0.3) is 0 Å². The Hall–Kier alpha value is -1.40. The molecule has 6 heteroatoms. The minimum atomic E-state index is -1.56. The van der Waals surface area contributed by atoms with Gasteiger partial charge in [-0.15, -0.1) is 0 Å². The lowest BCUT2D eigenvalue weighted by atomic mass is 9.76. The van der Waals surface area contributed by atoms with Crippen molar-refractivity contribution in [1.82, 2.24) is 0 Å². The molecule has 0 N–H and O–H groups in total. The zero-order chi connectivity index (χ0) is 13.9. The number of carbonyl (C=O) groups is 2. The lowest BCUT2D eigenvalue weighted by Gasteiger charge is -2.43. The van der Waals surface area contributed by atoms with Crippen molar-refractivity contribution in [3.05, 3.63) is 12.7 Å². The van der Waals surface area contributed by atoms with Crippen molar-refractivity contribution in [3.8, 4) is 0 Å². The van der Waals surface area contributed by atoms with Crippen molar-refractivity contribution in [3.63, 3.8) is 0 Å². The van der Waals surface area contributed by atoms with E-state index in [4.69, 9.17) is 18.9 Å². The van der Waals surface area contributed by atoms with Gasteiger partial charge in [0, 0.05) is 6.42 Å². The molecule has 0 amide bonds. The summed E-state index contributed by atoms with van der Waals surface area (Å²) >= 11 is 0. The maximum absolute atomic E-state index is 12.4. The van der Waals surface area contributed by atoms with Crippen molar-refractivity contribution in [2.24, 2.45) is 0 Å². The lowest BCUT2D eigenvalue weighted by Crippen LogP contribution is -2.63. The van der Waals surface area contributed by atoms with Crippen LogP contribution in [0.5, 0.6) is 0 Å². The molecule has 104 valence electrons. The van der Waals surface area contributed by atoms with Gasteiger partial charge in [0.15, 0.2) is 11.4 Å². The van der Waals surface area contributed by atoms with Crippen molar-refractivity contribution >= 4 is 11.9 Å². The summed E-state index contributed by atoms with van der Waals surface area (Å²) in [7, 11) is 0. The van der Waals surface area contributed by atoms with E-state index in [1.54, 1.807) is 13.8 Å². The molecule has 2 bridgehead atoms. The topological polar surface area (TPSA) is 71.1 Å². The number of rotatable bonds is 3. The van der Waals surface area contributed by atoms with Crippen LogP contribution in [0.2, 0.25) is 0 Å². The van der Waals surface area contributed by atoms with Gasteiger partial charge in [-0.2, -0.15) is 0 Å². The molecule has 3 rings (SSSR count). The summed E-state index contributed by atoms with van der Waals surface area (Å²) in [6.07, 6.45) is 1.31. The molecule has 6 nitrogen and oxygen atoms in total. The Morgan fingerprint density at radius 1 is 1.58 bits per heavy atom. The first-order valence-electron chi connectivity index (χ1n) is 6.35. The van der Waals surface area contributed by atoms with E-state index in [-0.39, 0.29) is 6.61 Å². The van der Waals surface area contributed by atoms with E-state index in [0.717, 1.165) is 0 Å². The number of fused-ring (bicyclic) bond motifs is 1. The number of hydrogen-bond acceptors (Lipinski definition) is 6. The first-order chi connectivity index (χ1) is 8.93. The van der Waals surface area contributed by atoms with Gasteiger partial charge in [0.05, 0.1) is 6.61 Å². The molecule has 19 heavy (non-hydrogen) atoms. The molecule has 0 radical (unpaired) electrons. The van der Waals surface area contributed by atoms with Gasteiger partial charge in [-0.05, 0) is 26.3 Å². The SMILES string of the molecule is C=C[C@]12CC[C@]3(C)O[C@H](C(=O)O1)[C@@]2(C(=O)OCC)O3. The van der Waals surface area contributed by atoms with Crippen LogP contribution >= 0.6 is 0 Å². The molecule has 3 aliphatic heterocycles. The Morgan fingerprint density at radius 2 is 2.32 bits per heavy atom. The summed E-state index contributed by atoms with van der Waals surface area (Å²) in [5.41, 5.74) is -2.76. The second-order valence-corrected chi connectivity index (χ2v) is 5.20. The Labute approximate surface area is 110 Å². The highest BCUT2D eigenvalue weighted by atomic mass is 16.8. The highest BCUT2D eigenvalue weighted by molar-refractivity contribution is 5.96. The smallest absolute Gasteiger partial charge is 0.346 e. The van der Waals surface area contributed by atoms with Gasteiger partial charge in [0.1, 0.15) is 0 Å². The Bertz CT molecular complexity index is 474. The predicted molar refractivity (Wildman–Crippen MR) is 62.0 cm³/mol. The van der Waals surface area contributed by atoms with E-state index in [1.165, 1.54) is 6.08 Å². The third-order valence-corrected chi connectivity index (χ3v) is 4.10. The molecular weight excluding hydrogens is 252 g/mol. The zero-order valence-corrected chi connectivity index (χ0v) is 10.9. The molecule has 0 aromatic heterocycles. The van der Waals surface area contributed by atoms with E-state index in [1.807, 2.05) is 0 Å². The fraction of sp³-hybridized carbons (Fsp3) is 0.692. The van der Waals surface area contributed by atoms with Gasteiger partial charge in [-0.25, -0.2) is 9.59 Å². The van der Waals surface area contributed by atoms with Gasteiger partial charge in [-0.1, -0.05) is 6.58 Å². The van der Waals surface area contributed by atoms with Crippen molar-refractivity contribution < 1.29 is 28.5 Å². The van der Waals surface area contributed by atoms with E-state index >= 15 is 0 Å². The fourth-order valence-electron chi connectivity index (χ4n) is 3.20. The molecule has 0 aromatic carbocycles. The fourth-order valence-corrected chi connectivity index (χ4v) is 3.20. The third kappa shape index (κ3) is 1.28. The van der Waals surface area contributed by atoms with Crippen molar-refractivity contribution in [2.45, 2.75) is 49.8 Å². The first kappa shape index (κ1) is 12.6. The number of carbonyl (C=O) groups excluding carboxylic acids is 2. The summed E-state index contributed by atoms with van der Waals surface area (Å²) in [6.45, 7) is 7.29. The molecule has 0 spiro atoms. The summed E-state index contributed by atoms with van der Waals surface area (Å²) in [6, 6.07) is 0. The van der Waals surface area contributed by atoms with Gasteiger partial charge in [0.25, 0.3) is 0 Å². The van der Waals surface area contributed by atoms with Gasteiger partial charge in [-0.3, -0.25) is 0 Å². The molecule has 0 unspecified atom stereocenters. The molecule has 3 aliphatic rings. The van der Waals surface area contributed by atoms with Crippen LogP contribution in [0.3, 0.4) is 0 Å². The average Bonchev–Trinajstić information content (AvgIpc) is 2.77. The summed E-state index contributed by atoms with van der Waals surface area (Å²) in [5.74, 6) is -2.19. The summed E-state index contributed by atoms with van der Waals surface area (Å²) in [5, 5.41) is 0. The molecule has 3 fully saturated rings. The number of ether oxygens (including phenoxy) is 4. The van der Waals surface area contributed by atoms with E-state index < -0.39 is 35.0 Å². The standard InChI is InChI=1S/C13H16O6/c1-4-12-7-6-11(3)17-8(9(14)18-12)13(12,19-11)10(15)16-5-2/h4,8H,1,5-7H2,2-3H3/t8-,11-,12-,13+/m1/s1. The van der Waals surface area contributed by atoms with E-state index in [0.29, 0.717) is 12.8 Å². The predicted octanol–water partition coefficient (Wildman–Crippen LogP) is 0.695. The van der Waals surface area contributed by atoms with Gasteiger partial charge < -0.3 is 18.9 Å². The number of hydrogen-bond donors (Lipinski definition) is 0. The van der Waals surface area contributed by atoms with Crippen LogP contribution in [0.4, 0.5) is 0 Å². The maximum Gasteiger partial charge on any atom is 0.346 e. The quantitative estimate of drug-likeness (QED) is 0.554. The monoisotopic (exact) mass is 268 g/mol. The van der Waals surface area contributed by atoms with E-state index in [2.05, 4.69) is 6.58 Å². The third-order valence-electron chi connectivity index (χ3n) is 4.10. The zero-order valence-electron chi connectivity index (χ0n) is 10.9. The molecule has 0 aliphatic carbocycles. The summed E-state index contributed by atoms with van der Waals surface area (Å²) in [4.78, 5) is 24.4. The second kappa shape index (κ2) is 3.58. The normalized spacial score (nSPS) is 46.8. The van der Waals surface area contributed by atoms with E-state index in [9.17, 15) is 9.59 Å². The first-order valence-corrected chi connectivity index (χ1v) is 6.35. The molecule has 3 saturated heterocycles. The highest BCUT2D eigenvalue weighted by Gasteiger charge is 2.81. The molecule has 4 atom stereocenters. The highest BCUT2D eigenvalue weighted by Crippen LogP contribution is 2.58. The molecular formula is C13H16O6. The molecule has 3 heterocycles. The van der Waals surface area contributed by atoms with Crippen LogP contribution in [0.1, 0.15) is 26.7 Å². The minimum absolute atomic E-state index is 0.189. The Balaban J connectivity index is 2.15. The van der Waals surface area contributed by atoms with Gasteiger partial charge in [0.2, 0.25) is 11.7 Å². The second-order valence-electron chi connectivity index (χ2n) is 5.20.